The molecule has 2 aromatic heterocycles. The maximum absolute atomic E-state index is 12.4. The summed E-state index contributed by atoms with van der Waals surface area (Å²) in [5.74, 6) is 0.732. The predicted octanol–water partition coefficient (Wildman–Crippen LogP) is 1.84. The van der Waals surface area contributed by atoms with Gasteiger partial charge in [0, 0.05) is 43.4 Å². The predicted molar refractivity (Wildman–Crippen MR) is 96.8 cm³/mol. The molecule has 0 atom stereocenters. The zero-order valence-corrected chi connectivity index (χ0v) is 15.0. The number of thiazole rings is 1. The highest BCUT2D eigenvalue weighted by atomic mass is 32.1. The molecule has 2 amide bonds. The van der Waals surface area contributed by atoms with Crippen LogP contribution in [0.2, 0.25) is 0 Å². The first-order valence-electron chi connectivity index (χ1n) is 8.82. The number of carbonyl (C=O) groups excluding carboxylic acids is 1. The molecule has 0 radical (unpaired) electrons. The number of nitrogens with one attached hydrogen (secondary N) is 1. The monoisotopic (exact) mass is 358 g/mol. The summed E-state index contributed by atoms with van der Waals surface area (Å²) in [6.45, 7) is 3.39. The Labute approximate surface area is 151 Å². The molecule has 1 aliphatic heterocycles. The van der Waals surface area contributed by atoms with Crippen LogP contribution in [0.15, 0.2) is 18.5 Å². The second-order valence-corrected chi connectivity index (χ2v) is 7.53. The lowest BCUT2D eigenvalue weighted by Gasteiger charge is -2.34. The molecule has 4 rings (SSSR count). The Hall–Kier alpha value is -2.22. The molecule has 1 N–H and O–H groups in total. The number of carbonyl (C=O) groups is 1. The number of urea groups is 1. The standard InChI is InChI=1S/C17H22N6OS/c24-17(20-12-15-21-13-4-1-2-5-14(13)25-15)23-10-8-22(9-11-23)16-18-6-3-7-19-16/h3,6-7H,1-2,4-5,8-12H2,(H,20,24). The molecule has 0 unspecified atom stereocenters. The molecule has 0 spiro atoms. The van der Waals surface area contributed by atoms with Crippen LogP contribution >= 0.6 is 11.3 Å². The topological polar surface area (TPSA) is 74.2 Å². The van der Waals surface area contributed by atoms with Crippen molar-refractivity contribution in [3.05, 3.63) is 34.0 Å². The molecule has 0 bridgehead atoms. The van der Waals surface area contributed by atoms with Crippen LogP contribution in [0.3, 0.4) is 0 Å². The normalized spacial score (nSPS) is 17.3. The minimum absolute atomic E-state index is 0.0122. The largest absolute Gasteiger partial charge is 0.337 e. The molecule has 25 heavy (non-hydrogen) atoms. The minimum atomic E-state index is -0.0122. The lowest BCUT2D eigenvalue weighted by molar-refractivity contribution is 0.193. The third-order valence-electron chi connectivity index (χ3n) is 4.68. The Bertz CT molecular complexity index is 702. The van der Waals surface area contributed by atoms with Crippen LogP contribution in [0.4, 0.5) is 10.7 Å². The average Bonchev–Trinajstić information content (AvgIpc) is 3.10. The lowest BCUT2D eigenvalue weighted by atomic mass is 10.0. The van der Waals surface area contributed by atoms with Crippen LogP contribution in [-0.2, 0) is 19.4 Å². The molecule has 2 aromatic rings. The van der Waals surface area contributed by atoms with Crippen molar-refractivity contribution in [3.8, 4) is 0 Å². The molecule has 132 valence electrons. The van der Waals surface area contributed by atoms with E-state index < -0.39 is 0 Å². The van der Waals surface area contributed by atoms with Crippen molar-refractivity contribution in [2.45, 2.75) is 32.2 Å². The zero-order chi connectivity index (χ0) is 17.1. The van der Waals surface area contributed by atoms with Crippen LogP contribution in [0.25, 0.3) is 0 Å². The van der Waals surface area contributed by atoms with Crippen molar-refractivity contribution < 1.29 is 4.79 Å². The molecule has 2 aliphatic rings. The maximum atomic E-state index is 12.4. The van der Waals surface area contributed by atoms with Gasteiger partial charge in [0.1, 0.15) is 5.01 Å². The molecule has 1 fully saturated rings. The van der Waals surface area contributed by atoms with E-state index in [1.807, 2.05) is 11.0 Å². The zero-order valence-electron chi connectivity index (χ0n) is 14.1. The summed E-state index contributed by atoms with van der Waals surface area (Å²) in [5, 5.41) is 4.04. The summed E-state index contributed by atoms with van der Waals surface area (Å²) >= 11 is 1.75. The fourth-order valence-corrected chi connectivity index (χ4v) is 4.40. The van der Waals surface area contributed by atoms with Gasteiger partial charge in [0.25, 0.3) is 0 Å². The van der Waals surface area contributed by atoms with Crippen LogP contribution in [0.5, 0.6) is 0 Å². The molecule has 8 heteroatoms. The van der Waals surface area contributed by atoms with Crippen LogP contribution in [-0.4, -0.2) is 52.1 Å². The van der Waals surface area contributed by atoms with E-state index in [-0.39, 0.29) is 6.03 Å². The van der Waals surface area contributed by atoms with Crippen molar-refractivity contribution in [1.82, 2.24) is 25.2 Å². The number of anilines is 1. The number of aromatic nitrogens is 3. The molecule has 1 aliphatic carbocycles. The first-order valence-corrected chi connectivity index (χ1v) is 9.63. The van der Waals surface area contributed by atoms with Crippen molar-refractivity contribution >= 4 is 23.3 Å². The van der Waals surface area contributed by atoms with Crippen LogP contribution in [0, 0.1) is 0 Å². The number of hydrogen-bond acceptors (Lipinski definition) is 6. The first kappa shape index (κ1) is 16.3. The Morgan fingerprint density at radius 3 is 2.64 bits per heavy atom. The van der Waals surface area contributed by atoms with E-state index >= 15 is 0 Å². The Kier molecular flexibility index (Phi) is 4.78. The van der Waals surface area contributed by atoms with Crippen molar-refractivity contribution in [2.75, 3.05) is 31.1 Å². The fourth-order valence-electron chi connectivity index (χ4n) is 3.31. The third kappa shape index (κ3) is 3.73. The van der Waals surface area contributed by atoms with Gasteiger partial charge in [0.2, 0.25) is 5.95 Å². The number of nitrogens with zero attached hydrogens (tertiary/aromatic N) is 5. The van der Waals surface area contributed by atoms with Gasteiger partial charge in [-0.15, -0.1) is 11.3 Å². The van der Waals surface area contributed by atoms with Gasteiger partial charge >= 0.3 is 6.03 Å². The third-order valence-corrected chi connectivity index (χ3v) is 5.84. The van der Waals surface area contributed by atoms with E-state index in [9.17, 15) is 4.79 Å². The number of hydrogen-bond donors (Lipinski definition) is 1. The van der Waals surface area contributed by atoms with Gasteiger partial charge in [0.15, 0.2) is 0 Å². The molecule has 1 saturated heterocycles. The number of amides is 2. The number of piperazine rings is 1. The highest BCUT2D eigenvalue weighted by Crippen LogP contribution is 2.26. The van der Waals surface area contributed by atoms with Gasteiger partial charge in [-0.3, -0.25) is 0 Å². The average molecular weight is 358 g/mol. The van der Waals surface area contributed by atoms with E-state index in [0.29, 0.717) is 19.6 Å². The molecule has 7 nitrogen and oxygen atoms in total. The van der Waals surface area contributed by atoms with Gasteiger partial charge in [0.05, 0.1) is 12.2 Å². The summed E-state index contributed by atoms with van der Waals surface area (Å²) in [5.41, 5.74) is 1.25. The smallest absolute Gasteiger partial charge is 0.317 e. The SMILES string of the molecule is O=C(NCc1nc2c(s1)CCCC2)N1CCN(c2ncccn2)CC1. The van der Waals surface area contributed by atoms with E-state index in [4.69, 9.17) is 0 Å². The van der Waals surface area contributed by atoms with Crippen molar-refractivity contribution in [1.29, 1.82) is 0 Å². The van der Waals surface area contributed by atoms with Crippen molar-refractivity contribution in [3.63, 3.8) is 0 Å². The van der Waals surface area contributed by atoms with Gasteiger partial charge in [-0.25, -0.2) is 19.7 Å². The van der Waals surface area contributed by atoms with Gasteiger partial charge in [-0.2, -0.15) is 0 Å². The minimum Gasteiger partial charge on any atom is -0.337 e. The summed E-state index contributed by atoms with van der Waals surface area (Å²) in [6.07, 6.45) is 8.21. The van der Waals surface area contributed by atoms with Crippen molar-refractivity contribution in [2.24, 2.45) is 0 Å². The van der Waals surface area contributed by atoms with Crippen LogP contribution in [0.1, 0.15) is 28.4 Å². The second kappa shape index (κ2) is 7.35. The first-order chi connectivity index (χ1) is 12.3. The summed E-state index contributed by atoms with van der Waals surface area (Å²) < 4.78 is 0. The molecule has 3 heterocycles. The summed E-state index contributed by atoms with van der Waals surface area (Å²) in [4.78, 5) is 31.0. The highest BCUT2D eigenvalue weighted by Gasteiger charge is 2.23. The Morgan fingerprint density at radius 1 is 1.12 bits per heavy atom. The van der Waals surface area contributed by atoms with E-state index in [1.54, 1.807) is 23.7 Å². The maximum Gasteiger partial charge on any atom is 0.317 e. The molecule has 0 aromatic carbocycles. The lowest BCUT2D eigenvalue weighted by Crippen LogP contribution is -2.52. The summed E-state index contributed by atoms with van der Waals surface area (Å²) in [7, 11) is 0. The second-order valence-electron chi connectivity index (χ2n) is 6.37. The van der Waals surface area contributed by atoms with E-state index in [1.165, 1.54) is 23.4 Å². The molecular weight excluding hydrogens is 336 g/mol. The molecule has 0 saturated carbocycles. The van der Waals surface area contributed by atoms with E-state index in [2.05, 4.69) is 25.2 Å². The van der Waals surface area contributed by atoms with Gasteiger partial charge in [-0.05, 0) is 31.7 Å². The molecular formula is C17H22N6OS. The summed E-state index contributed by atoms with van der Waals surface area (Å²) in [6, 6.07) is 1.80. The Balaban J connectivity index is 1.27. The Morgan fingerprint density at radius 2 is 1.88 bits per heavy atom. The van der Waals surface area contributed by atoms with Gasteiger partial charge < -0.3 is 15.1 Å². The number of rotatable bonds is 3. The van der Waals surface area contributed by atoms with E-state index in [0.717, 1.165) is 36.9 Å². The quantitative estimate of drug-likeness (QED) is 0.906. The highest BCUT2D eigenvalue weighted by molar-refractivity contribution is 7.11. The number of fused-ring (bicyclic) bond motifs is 1. The fraction of sp³-hybridized carbons (Fsp3) is 0.529. The van der Waals surface area contributed by atoms with Gasteiger partial charge in [-0.1, -0.05) is 0 Å². The van der Waals surface area contributed by atoms with Crippen LogP contribution < -0.4 is 10.2 Å². The number of aryl methyl sites for hydroxylation is 2.